The molecule has 1 aromatic heterocycles. The van der Waals surface area contributed by atoms with Crippen molar-refractivity contribution in [2.24, 2.45) is 0 Å². The summed E-state index contributed by atoms with van der Waals surface area (Å²) in [7, 11) is 1.92. The smallest absolute Gasteiger partial charge is 0.337 e. The van der Waals surface area contributed by atoms with E-state index in [-0.39, 0.29) is 5.56 Å². The number of hydrogen-bond acceptors (Lipinski definition) is 4. The van der Waals surface area contributed by atoms with Crippen LogP contribution in [0.2, 0.25) is 0 Å². The number of nitrogens with zero attached hydrogens (tertiary/aromatic N) is 1. The van der Waals surface area contributed by atoms with Crippen LogP contribution < -0.4 is 10.6 Å². The van der Waals surface area contributed by atoms with Crippen LogP contribution >= 0.6 is 11.3 Å². The Labute approximate surface area is 116 Å². The second-order valence-corrected chi connectivity index (χ2v) is 5.33. The molecule has 2 aromatic rings. The molecule has 5 heteroatoms. The van der Waals surface area contributed by atoms with Gasteiger partial charge in [-0.15, -0.1) is 11.3 Å². The quantitative estimate of drug-likeness (QED) is 0.824. The third-order valence-electron chi connectivity index (χ3n) is 3.00. The number of benzene rings is 1. The van der Waals surface area contributed by atoms with Gasteiger partial charge in [0.15, 0.2) is 0 Å². The van der Waals surface area contributed by atoms with Crippen molar-refractivity contribution >= 4 is 28.7 Å². The van der Waals surface area contributed by atoms with Gasteiger partial charge in [-0.1, -0.05) is 12.1 Å². The molecule has 0 radical (unpaired) electrons. The summed E-state index contributed by atoms with van der Waals surface area (Å²) in [6.45, 7) is 0.799. The van der Waals surface area contributed by atoms with E-state index < -0.39 is 5.97 Å². The molecule has 0 aliphatic rings. The van der Waals surface area contributed by atoms with Crippen molar-refractivity contribution in [1.82, 2.24) is 0 Å². The van der Waals surface area contributed by atoms with E-state index in [0.29, 0.717) is 5.69 Å². The van der Waals surface area contributed by atoms with Crippen molar-refractivity contribution < 1.29 is 9.90 Å². The van der Waals surface area contributed by atoms with Gasteiger partial charge >= 0.3 is 5.97 Å². The van der Waals surface area contributed by atoms with E-state index in [9.17, 15) is 4.79 Å². The fraction of sp³-hybridized carbons (Fsp3) is 0.214. The first-order valence-electron chi connectivity index (χ1n) is 5.95. The zero-order chi connectivity index (χ0) is 13.8. The van der Waals surface area contributed by atoms with Crippen LogP contribution in [0.15, 0.2) is 35.7 Å². The molecule has 2 rings (SSSR count). The van der Waals surface area contributed by atoms with Crippen LogP contribution in [0.5, 0.6) is 0 Å². The minimum Gasteiger partial charge on any atom is -0.478 e. The molecule has 0 saturated carbocycles. The van der Waals surface area contributed by atoms with Crippen LogP contribution in [0.3, 0.4) is 0 Å². The molecule has 0 aliphatic heterocycles. The average molecular weight is 276 g/mol. The Balaban J connectivity index is 2.12. The molecule has 0 amide bonds. The largest absolute Gasteiger partial charge is 0.478 e. The van der Waals surface area contributed by atoms with E-state index in [4.69, 9.17) is 10.8 Å². The van der Waals surface area contributed by atoms with Crippen molar-refractivity contribution in [3.8, 4) is 0 Å². The van der Waals surface area contributed by atoms with Crippen LogP contribution in [-0.4, -0.2) is 24.7 Å². The number of nitrogens with two attached hydrogens (primary N) is 1. The second kappa shape index (κ2) is 5.75. The lowest BCUT2D eigenvalue weighted by Gasteiger charge is -2.21. The molecule has 0 fully saturated rings. The highest BCUT2D eigenvalue weighted by Crippen LogP contribution is 2.26. The van der Waals surface area contributed by atoms with Gasteiger partial charge in [-0.05, 0) is 30.0 Å². The lowest BCUT2D eigenvalue weighted by Crippen LogP contribution is -2.22. The molecular formula is C14H16N2O2S. The van der Waals surface area contributed by atoms with Crippen LogP contribution in [0, 0.1) is 0 Å². The standard InChI is InChI=1S/C14H16N2O2S/c1-16(8-7-10-4-3-9-19-10)12-6-2-5-11(13(12)15)14(17)18/h2-6,9H,7-8,15H2,1H3,(H,17,18). The molecular weight excluding hydrogens is 260 g/mol. The number of nitrogen functional groups attached to an aromatic ring is 1. The highest BCUT2D eigenvalue weighted by molar-refractivity contribution is 7.09. The summed E-state index contributed by atoms with van der Waals surface area (Å²) in [5.41, 5.74) is 7.15. The van der Waals surface area contributed by atoms with E-state index in [2.05, 4.69) is 11.4 Å². The highest BCUT2D eigenvalue weighted by atomic mass is 32.1. The zero-order valence-corrected chi connectivity index (χ0v) is 11.5. The maximum atomic E-state index is 11.0. The Kier molecular flexibility index (Phi) is 4.06. The number of thiophene rings is 1. The molecule has 0 spiro atoms. The number of likely N-dealkylation sites (N-methyl/N-ethyl adjacent to an activating group) is 1. The third-order valence-corrected chi connectivity index (χ3v) is 3.93. The molecule has 100 valence electrons. The molecule has 0 aliphatic carbocycles. The van der Waals surface area contributed by atoms with Crippen molar-refractivity contribution in [2.75, 3.05) is 24.2 Å². The minimum atomic E-state index is -0.994. The summed E-state index contributed by atoms with van der Waals surface area (Å²) in [5, 5.41) is 11.1. The van der Waals surface area contributed by atoms with Crippen LogP contribution in [-0.2, 0) is 6.42 Å². The first-order valence-corrected chi connectivity index (χ1v) is 6.83. The Hall–Kier alpha value is -2.01. The SMILES string of the molecule is CN(CCc1cccs1)c1cccc(C(=O)O)c1N. The van der Waals surface area contributed by atoms with Crippen LogP contribution in [0.1, 0.15) is 15.2 Å². The van der Waals surface area contributed by atoms with Gasteiger partial charge in [0.1, 0.15) is 0 Å². The van der Waals surface area contributed by atoms with Crippen molar-refractivity contribution in [3.05, 3.63) is 46.2 Å². The molecule has 0 unspecified atom stereocenters. The van der Waals surface area contributed by atoms with Gasteiger partial charge in [-0.3, -0.25) is 0 Å². The highest BCUT2D eigenvalue weighted by Gasteiger charge is 2.13. The number of carbonyl (C=O) groups is 1. The third kappa shape index (κ3) is 3.06. The minimum absolute atomic E-state index is 0.153. The number of para-hydroxylation sites is 1. The fourth-order valence-corrected chi connectivity index (χ4v) is 2.62. The number of aromatic carboxylic acids is 1. The van der Waals surface area contributed by atoms with Gasteiger partial charge in [-0.25, -0.2) is 4.79 Å². The van der Waals surface area contributed by atoms with Gasteiger partial charge in [0.25, 0.3) is 0 Å². The molecule has 4 nitrogen and oxygen atoms in total. The molecule has 1 heterocycles. The molecule has 0 atom stereocenters. The Morgan fingerprint density at radius 3 is 2.79 bits per heavy atom. The fourth-order valence-electron chi connectivity index (χ4n) is 1.93. The lowest BCUT2D eigenvalue weighted by molar-refractivity contribution is 0.0698. The Morgan fingerprint density at radius 2 is 2.16 bits per heavy atom. The second-order valence-electron chi connectivity index (χ2n) is 4.29. The van der Waals surface area contributed by atoms with Crippen molar-refractivity contribution in [2.45, 2.75) is 6.42 Å². The van der Waals surface area contributed by atoms with Crippen molar-refractivity contribution in [1.29, 1.82) is 0 Å². The maximum Gasteiger partial charge on any atom is 0.337 e. The number of carboxylic acid groups (broad SMARTS) is 1. The molecule has 0 bridgehead atoms. The zero-order valence-electron chi connectivity index (χ0n) is 10.7. The normalized spacial score (nSPS) is 10.4. The average Bonchev–Trinajstić information content (AvgIpc) is 2.89. The van der Waals surface area contributed by atoms with Gasteiger partial charge in [-0.2, -0.15) is 0 Å². The molecule has 19 heavy (non-hydrogen) atoms. The predicted molar refractivity (Wildman–Crippen MR) is 79.1 cm³/mol. The van der Waals surface area contributed by atoms with E-state index in [1.807, 2.05) is 24.1 Å². The molecule has 3 N–H and O–H groups in total. The number of anilines is 2. The van der Waals surface area contributed by atoms with Gasteiger partial charge in [0.2, 0.25) is 0 Å². The van der Waals surface area contributed by atoms with Crippen molar-refractivity contribution in [3.63, 3.8) is 0 Å². The number of rotatable bonds is 5. The van der Waals surface area contributed by atoms with E-state index >= 15 is 0 Å². The molecule has 1 aromatic carbocycles. The van der Waals surface area contributed by atoms with Crippen LogP contribution in [0.25, 0.3) is 0 Å². The first kappa shape index (κ1) is 13.4. The predicted octanol–water partition coefficient (Wildman–Crippen LogP) is 2.71. The molecule has 0 saturated heterocycles. The van der Waals surface area contributed by atoms with Gasteiger partial charge in [0.05, 0.1) is 16.9 Å². The summed E-state index contributed by atoms with van der Waals surface area (Å²) < 4.78 is 0. The number of hydrogen-bond donors (Lipinski definition) is 2. The van der Waals surface area contributed by atoms with Gasteiger partial charge in [0, 0.05) is 18.5 Å². The Morgan fingerprint density at radius 1 is 1.37 bits per heavy atom. The van der Waals surface area contributed by atoms with E-state index in [1.54, 1.807) is 17.4 Å². The number of carboxylic acids is 1. The summed E-state index contributed by atoms with van der Waals surface area (Å²) in [6.07, 6.45) is 0.922. The first-order chi connectivity index (χ1) is 9.09. The van der Waals surface area contributed by atoms with E-state index in [1.165, 1.54) is 10.9 Å². The summed E-state index contributed by atoms with van der Waals surface area (Å²) in [4.78, 5) is 14.3. The van der Waals surface area contributed by atoms with Gasteiger partial charge < -0.3 is 15.7 Å². The topological polar surface area (TPSA) is 66.6 Å². The summed E-state index contributed by atoms with van der Waals surface area (Å²) in [5.74, 6) is -0.994. The summed E-state index contributed by atoms with van der Waals surface area (Å²) >= 11 is 1.72. The summed E-state index contributed by atoms with van der Waals surface area (Å²) in [6, 6.07) is 9.20. The van der Waals surface area contributed by atoms with Crippen LogP contribution in [0.4, 0.5) is 11.4 Å². The maximum absolute atomic E-state index is 11.0. The lowest BCUT2D eigenvalue weighted by atomic mass is 10.1. The Bertz CT molecular complexity index is 567. The monoisotopic (exact) mass is 276 g/mol. The van der Waals surface area contributed by atoms with E-state index in [0.717, 1.165) is 18.7 Å².